The lowest BCUT2D eigenvalue weighted by Crippen LogP contribution is -2.16. The number of halogens is 2. The molecule has 1 fully saturated rings. The number of benzene rings is 2. The normalized spacial score (nSPS) is 14.4. The van der Waals surface area contributed by atoms with Gasteiger partial charge in [0, 0.05) is 21.0 Å². The molecule has 7 heteroatoms. The molecule has 5 nitrogen and oxygen atoms in total. The van der Waals surface area contributed by atoms with E-state index in [1.807, 2.05) is 36.4 Å². The fourth-order valence-electron chi connectivity index (χ4n) is 3.71. The van der Waals surface area contributed by atoms with Gasteiger partial charge in [-0.1, -0.05) is 41.8 Å². The van der Waals surface area contributed by atoms with Gasteiger partial charge in [0.25, 0.3) is 0 Å². The van der Waals surface area contributed by atoms with Crippen LogP contribution in [0.25, 0.3) is 27.8 Å². The number of nitrogens with zero attached hydrogens (tertiary/aromatic N) is 5. The zero-order valence-electron chi connectivity index (χ0n) is 14.3. The van der Waals surface area contributed by atoms with Crippen molar-refractivity contribution in [2.75, 3.05) is 0 Å². The topological polar surface area (TPSA) is 56.5 Å². The summed E-state index contributed by atoms with van der Waals surface area (Å²) < 4.78 is 1.65. The zero-order chi connectivity index (χ0) is 18.4. The first-order valence-electron chi connectivity index (χ1n) is 8.83. The first kappa shape index (κ1) is 16.7. The molecule has 4 aromatic rings. The molecule has 1 aliphatic rings. The fourth-order valence-corrected chi connectivity index (χ4v) is 4.07. The Bertz CT molecular complexity index is 1140. The van der Waals surface area contributed by atoms with E-state index in [1.165, 1.54) is 6.42 Å². The van der Waals surface area contributed by atoms with Crippen molar-refractivity contribution in [1.82, 2.24) is 25.2 Å². The van der Waals surface area contributed by atoms with E-state index >= 15 is 0 Å². The van der Waals surface area contributed by atoms with Crippen molar-refractivity contribution in [2.24, 2.45) is 0 Å². The van der Waals surface area contributed by atoms with E-state index in [4.69, 9.17) is 28.2 Å². The molecule has 0 bridgehead atoms. The molecule has 1 saturated carbocycles. The number of hydrogen-bond donors (Lipinski definition) is 0. The number of pyridine rings is 1. The summed E-state index contributed by atoms with van der Waals surface area (Å²) in [5.41, 5.74) is 4.17. The van der Waals surface area contributed by atoms with Crippen molar-refractivity contribution in [3.05, 3.63) is 64.4 Å². The Kier molecular flexibility index (Phi) is 4.06. The van der Waals surface area contributed by atoms with Gasteiger partial charge in [-0.15, -0.1) is 5.10 Å². The van der Waals surface area contributed by atoms with Gasteiger partial charge in [0.1, 0.15) is 6.33 Å². The minimum absolute atomic E-state index is 0.411. The van der Waals surface area contributed by atoms with E-state index in [-0.39, 0.29) is 0 Å². The highest BCUT2D eigenvalue weighted by Crippen LogP contribution is 2.46. The lowest BCUT2D eigenvalue weighted by Gasteiger charge is -2.30. The molecular weight excluding hydrogens is 381 g/mol. The molecule has 0 N–H and O–H groups in total. The van der Waals surface area contributed by atoms with Crippen LogP contribution in [0.3, 0.4) is 0 Å². The molecule has 5 rings (SSSR count). The third-order valence-corrected chi connectivity index (χ3v) is 5.63. The summed E-state index contributed by atoms with van der Waals surface area (Å²) in [5, 5.41) is 14.1. The molecule has 0 unspecified atom stereocenters. The molecule has 27 heavy (non-hydrogen) atoms. The van der Waals surface area contributed by atoms with Crippen LogP contribution in [0.2, 0.25) is 10.0 Å². The second kappa shape index (κ2) is 6.59. The Morgan fingerprint density at radius 1 is 1.00 bits per heavy atom. The van der Waals surface area contributed by atoms with Gasteiger partial charge in [0.05, 0.1) is 5.52 Å². The Hall–Kier alpha value is -2.50. The summed E-state index contributed by atoms with van der Waals surface area (Å²) in [4.78, 5) is 4.90. The van der Waals surface area contributed by atoms with Crippen LogP contribution in [-0.2, 0) is 0 Å². The van der Waals surface area contributed by atoms with Crippen LogP contribution in [0.4, 0.5) is 0 Å². The van der Waals surface area contributed by atoms with Crippen molar-refractivity contribution in [3.63, 3.8) is 0 Å². The van der Waals surface area contributed by atoms with E-state index in [0.717, 1.165) is 46.3 Å². The Morgan fingerprint density at radius 2 is 1.85 bits per heavy atom. The van der Waals surface area contributed by atoms with Gasteiger partial charge < -0.3 is 0 Å². The predicted octanol–water partition coefficient (Wildman–Crippen LogP) is 5.45. The summed E-state index contributed by atoms with van der Waals surface area (Å²) in [6.45, 7) is 0. The Labute approximate surface area is 165 Å². The van der Waals surface area contributed by atoms with Gasteiger partial charge in [-0.05, 0) is 70.6 Å². The number of rotatable bonds is 3. The summed E-state index contributed by atoms with van der Waals surface area (Å²) in [7, 11) is 0. The van der Waals surface area contributed by atoms with E-state index < -0.39 is 0 Å². The molecule has 2 heterocycles. The molecule has 1 aliphatic carbocycles. The minimum Gasteiger partial charge on any atom is -0.228 e. The zero-order valence-corrected chi connectivity index (χ0v) is 15.8. The van der Waals surface area contributed by atoms with Gasteiger partial charge in [-0.25, -0.2) is 4.98 Å². The highest BCUT2D eigenvalue weighted by Gasteiger charge is 2.29. The molecule has 0 saturated heterocycles. The monoisotopic (exact) mass is 395 g/mol. The summed E-state index contributed by atoms with van der Waals surface area (Å²) in [6, 6.07) is 13.7. The average molecular weight is 396 g/mol. The molecule has 0 atom stereocenters. The second-order valence-electron chi connectivity index (χ2n) is 6.78. The molecule has 0 spiro atoms. The Balaban J connectivity index is 1.92. The van der Waals surface area contributed by atoms with Crippen LogP contribution < -0.4 is 0 Å². The van der Waals surface area contributed by atoms with Crippen molar-refractivity contribution < 1.29 is 0 Å². The number of tetrazole rings is 1. The Morgan fingerprint density at radius 3 is 2.56 bits per heavy atom. The maximum absolute atomic E-state index is 6.34. The molecule has 2 aromatic carbocycles. The van der Waals surface area contributed by atoms with E-state index in [0.29, 0.717) is 16.0 Å². The SMILES string of the molecule is Clc1cccc(-c2c(C3CCC3)c(-n3cnnn3)nc3ccc(Cl)cc23)c1. The summed E-state index contributed by atoms with van der Waals surface area (Å²) in [5.74, 6) is 1.18. The molecule has 0 radical (unpaired) electrons. The van der Waals surface area contributed by atoms with Gasteiger partial charge in [0.2, 0.25) is 0 Å². The number of hydrogen-bond acceptors (Lipinski definition) is 4. The molecule has 134 valence electrons. The van der Waals surface area contributed by atoms with Crippen LogP contribution in [0.5, 0.6) is 0 Å². The van der Waals surface area contributed by atoms with Crippen LogP contribution in [0.1, 0.15) is 30.7 Å². The minimum atomic E-state index is 0.411. The van der Waals surface area contributed by atoms with Crippen molar-refractivity contribution in [1.29, 1.82) is 0 Å². The number of fused-ring (bicyclic) bond motifs is 1. The number of aromatic nitrogens is 5. The second-order valence-corrected chi connectivity index (χ2v) is 7.65. The highest BCUT2D eigenvalue weighted by molar-refractivity contribution is 6.32. The fraction of sp³-hybridized carbons (Fsp3) is 0.200. The van der Waals surface area contributed by atoms with Crippen molar-refractivity contribution >= 4 is 34.1 Å². The molecule has 2 aromatic heterocycles. The van der Waals surface area contributed by atoms with Gasteiger partial charge in [0.15, 0.2) is 5.82 Å². The van der Waals surface area contributed by atoms with Crippen LogP contribution in [0.15, 0.2) is 48.8 Å². The van der Waals surface area contributed by atoms with E-state index in [9.17, 15) is 0 Å². The highest BCUT2D eigenvalue weighted by atomic mass is 35.5. The summed E-state index contributed by atoms with van der Waals surface area (Å²) >= 11 is 12.7. The largest absolute Gasteiger partial charge is 0.228 e. The smallest absolute Gasteiger partial charge is 0.161 e. The lowest BCUT2D eigenvalue weighted by molar-refractivity contribution is 0.418. The molecular formula is C20H15Cl2N5. The quantitative estimate of drug-likeness (QED) is 0.462. The van der Waals surface area contributed by atoms with Gasteiger partial charge in [-0.3, -0.25) is 0 Å². The molecule has 0 amide bonds. The van der Waals surface area contributed by atoms with Crippen LogP contribution >= 0.6 is 23.2 Å². The van der Waals surface area contributed by atoms with Crippen molar-refractivity contribution in [2.45, 2.75) is 25.2 Å². The maximum Gasteiger partial charge on any atom is 0.161 e. The first-order chi connectivity index (χ1) is 13.2. The van der Waals surface area contributed by atoms with Crippen LogP contribution in [0, 0.1) is 0 Å². The first-order valence-corrected chi connectivity index (χ1v) is 9.59. The van der Waals surface area contributed by atoms with Gasteiger partial charge in [-0.2, -0.15) is 4.68 Å². The van der Waals surface area contributed by atoms with Crippen molar-refractivity contribution in [3.8, 4) is 16.9 Å². The van der Waals surface area contributed by atoms with Gasteiger partial charge >= 0.3 is 0 Å². The van der Waals surface area contributed by atoms with E-state index in [2.05, 4.69) is 21.6 Å². The third kappa shape index (κ3) is 2.87. The predicted molar refractivity (Wildman–Crippen MR) is 107 cm³/mol. The maximum atomic E-state index is 6.34. The van der Waals surface area contributed by atoms with Crippen LogP contribution in [-0.4, -0.2) is 25.2 Å². The summed E-state index contributed by atoms with van der Waals surface area (Å²) in [6.07, 6.45) is 5.04. The third-order valence-electron chi connectivity index (χ3n) is 5.16. The molecule has 0 aliphatic heterocycles. The lowest BCUT2D eigenvalue weighted by atomic mass is 9.76. The average Bonchev–Trinajstić information content (AvgIpc) is 3.14. The van der Waals surface area contributed by atoms with E-state index in [1.54, 1.807) is 11.0 Å². The standard InChI is InChI=1S/C20H15Cl2N5/c21-14-6-2-5-13(9-14)18-16-10-15(22)7-8-17(16)24-20(27-11-23-25-26-27)19(18)12-3-1-4-12/h2,5-12H,1,3-4H2.